The van der Waals surface area contributed by atoms with E-state index in [0.717, 1.165) is 46.1 Å². The number of pyridine rings is 3. The molecule has 1 aliphatic rings. The largest absolute Gasteiger partial charge is 0.476 e. The van der Waals surface area contributed by atoms with E-state index in [1.807, 2.05) is 36.7 Å². The Morgan fingerprint density at radius 1 is 0.868 bits per heavy atom. The van der Waals surface area contributed by atoms with Crippen LogP contribution >= 0.6 is 0 Å². The average Bonchev–Trinajstić information content (AvgIpc) is 2.95. The number of fused-ring (bicyclic) bond motifs is 1. The maximum absolute atomic E-state index is 6.58. The van der Waals surface area contributed by atoms with E-state index < -0.39 is 0 Å². The number of aromatic nitrogens is 3. The predicted octanol–water partition coefficient (Wildman–Crippen LogP) is 7.05. The molecule has 0 bridgehead atoms. The molecule has 3 aromatic heterocycles. The van der Waals surface area contributed by atoms with Crippen molar-refractivity contribution in [1.82, 2.24) is 15.0 Å². The molecule has 0 saturated heterocycles. The maximum Gasteiger partial charge on any atom is 0.222 e. The maximum atomic E-state index is 6.58. The molecule has 0 spiro atoms. The molecule has 0 atom stereocenters. The first-order valence-corrected chi connectivity index (χ1v) is 13.2. The second-order valence-electron chi connectivity index (χ2n) is 10.9. The number of benzene rings is 2. The van der Waals surface area contributed by atoms with Crippen molar-refractivity contribution in [2.75, 3.05) is 6.61 Å². The first-order valence-electron chi connectivity index (χ1n) is 13.2. The lowest BCUT2D eigenvalue weighted by Crippen LogP contribution is -2.43. The van der Waals surface area contributed by atoms with Crippen molar-refractivity contribution < 1.29 is 4.74 Å². The lowest BCUT2D eigenvalue weighted by molar-refractivity contribution is 0.235. The van der Waals surface area contributed by atoms with Crippen LogP contribution in [0.5, 0.6) is 5.88 Å². The van der Waals surface area contributed by atoms with Crippen molar-refractivity contribution in [2.24, 2.45) is 5.73 Å². The van der Waals surface area contributed by atoms with Gasteiger partial charge in [0.2, 0.25) is 5.88 Å². The monoisotopic (exact) mass is 500 g/mol. The van der Waals surface area contributed by atoms with Gasteiger partial charge in [-0.25, -0.2) is 9.97 Å². The van der Waals surface area contributed by atoms with Gasteiger partial charge in [0.25, 0.3) is 0 Å². The molecule has 0 aliphatic heterocycles. The first-order chi connectivity index (χ1) is 18.4. The molecule has 1 saturated carbocycles. The summed E-state index contributed by atoms with van der Waals surface area (Å²) in [7, 11) is 0. The molecule has 1 aliphatic carbocycles. The summed E-state index contributed by atoms with van der Waals surface area (Å²) in [6.07, 6.45) is 8.69. The zero-order valence-electron chi connectivity index (χ0n) is 21.9. The molecule has 190 valence electrons. The topological polar surface area (TPSA) is 73.9 Å². The van der Waals surface area contributed by atoms with Crippen molar-refractivity contribution in [1.29, 1.82) is 0 Å². The molecule has 0 amide bonds. The molecular formula is C33H32N4O. The molecule has 3 heterocycles. The highest BCUT2D eigenvalue weighted by Crippen LogP contribution is 2.40. The molecule has 6 rings (SSSR count). The van der Waals surface area contributed by atoms with Gasteiger partial charge in [-0.1, -0.05) is 68.4 Å². The Labute approximate surface area is 223 Å². The minimum atomic E-state index is -0.203. The molecule has 2 aromatic carbocycles. The Morgan fingerprint density at radius 2 is 1.61 bits per heavy atom. The zero-order valence-corrected chi connectivity index (χ0v) is 21.9. The number of nitrogens with two attached hydrogens (primary N) is 1. The quantitative estimate of drug-likeness (QED) is 0.259. The number of rotatable bonds is 7. The fourth-order valence-corrected chi connectivity index (χ4v) is 5.19. The molecule has 5 nitrogen and oxygen atoms in total. The Bertz CT molecular complexity index is 1560. The van der Waals surface area contributed by atoms with Gasteiger partial charge in [0.1, 0.15) is 0 Å². The van der Waals surface area contributed by atoms with Crippen LogP contribution in [0.25, 0.3) is 33.3 Å². The van der Waals surface area contributed by atoms with Gasteiger partial charge in [-0.2, -0.15) is 0 Å². The normalized spacial score (nSPS) is 14.7. The van der Waals surface area contributed by atoms with Crippen molar-refractivity contribution >= 4 is 10.9 Å². The molecule has 1 fully saturated rings. The Balaban J connectivity index is 1.41. The van der Waals surface area contributed by atoms with E-state index >= 15 is 0 Å². The number of nitrogens with zero attached hydrogens (tertiary/aromatic N) is 3. The molecule has 2 N–H and O–H groups in total. The standard InChI is InChI=1S/C33H32N4O/c1-32(2,25-13-18-35-19-14-25)22-38-31-28-21-27(23-7-4-3-5-8-23)30(37-29(28)15-20-36-31)24-9-11-26(12-10-24)33(34)16-6-17-33/h3-5,7-15,18-21H,6,16-17,22,34H2,1-2H3. The molecule has 0 unspecified atom stereocenters. The third-order valence-corrected chi connectivity index (χ3v) is 7.80. The van der Waals surface area contributed by atoms with Gasteiger partial charge in [0.15, 0.2) is 0 Å². The molecule has 5 heteroatoms. The van der Waals surface area contributed by atoms with Crippen molar-refractivity contribution in [3.8, 4) is 28.3 Å². The lowest BCUT2D eigenvalue weighted by atomic mass is 9.72. The summed E-state index contributed by atoms with van der Waals surface area (Å²) < 4.78 is 6.36. The SMILES string of the molecule is CC(C)(COc1nccc2nc(-c3ccc(C4(N)CCC4)cc3)c(-c3ccccc3)cc12)c1ccncc1. The minimum Gasteiger partial charge on any atom is -0.476 e. The van der Waals surface area contributed by atoms with Crippen LogP contribution in [0.4, 0.5) is 0 Å². The first kappa shape index (κ1) is 24.3. The van der Waals surface area contributed by atoms with Crippen LogP contribution in [-0.2, 0) is 11.0 Å². The second-order valence-corrected chi connectivity index (χ2v) is 10.9. The smallest absolute Gasteiger partial charge is 0.222 e. The van der Waals surface area contributed by atoms with Gasteiger partial charge in [-0.3, -0.25) is 4.98 Å². The van der Waals surface area contributed by atoms with Crippen molar-refractivity contribution in [3.63, 3.8) is 0 Å². The van der Waals surface area contributed by atoms with Crippen LogP contribution in [0, 0.1) is 0 Å². The second kappa shape index (κ2) is 9.66. The third-order valence-electron chi connectivity index (χ3n) is 7.80. The highest BCUT2D eigenvalue weighted by Gasteiger charge is 2.34. The van der Waals surface area contributed by atoms with E-state index in [-0.39, 0.29) is 11.0 Å². The van der Waals surface area contributed by atoms with E-state index in [9.17, 15) is 0 Å². The number of hydrogen-bond donors (Lipinski definition) is 1. The van der Waals surface area contributed by atoms with Gasteiger partial charge < -0.3 is 10.5 Å². The van der Waals surface area contributed by atoms with Gasteiger partial charge in [-0.15, -0.1) is 0 Å². The van der Waals surface area contributed by atoms with E-state index in [1.54, 1.807) is 6.20 Å². The van der Waals surface area contributed by atoms with Crippen molar-refractivity contribution in [3.05, 3.63) is 109 Å². The van der Waals surface area contributed by atoms with Crippen LogP contribution in [0.2, 0.25) is 0 Å². The Kier molecular flexibility index (Phi) is 6.16. The highest BCUT2D eigenvalue weighted by atomic mass is 16.5. The van der Waals surface area contributed by atoms with E-state index in [1.165, 1.54) is 17.5 Å². The van der Waals surface area contributed by atoms with Gasteiger partial charge in [0, 0.05) is 40.7 Å². The molecular weight excluding hydrogens is 468 g/mol. The fraction of sp³-hybridized carbons (Fsp3) is 0.242. The van der Waals surface area contributed by atoms with Crippen molar-refractivity contribution in [2.45, 2.75) is 44.1 Å². The van der Waals surface area contributed by atoms with Gasteiger partial charge in [0.05, 0.1) is 23.2 Å². The van der Waals surface area contributed by atoms with Gasteiger partial charge in [-0.05, 0) is 60.2 Å². The van der Waals surface area contributed by atoms with E-state index in [0.29, 0.717) is 12.5 Å². The molecule has 5 aromatic rings. The Hall–Kier alpha value is -4.09. The third kappa shape index (κ3) is 4.54. The van der Waals surface area contributed by atoms with Crippen LogP contribution in [0.1, 0.15) is 44.2 Å². The van der Waals surface area contributed by atoms with Crippen LogP contribution in [-0.4, -0.2) is 21.6 Å². The lowest BCUT2D eigenvalue weighted by Gasteiger charge is -2.38. The van der Waals surface area contributed by atoms with Crippen LogP contribution in [0.3, 0.4) is 0 Å². The van der Waals surface area contributed by atoms with E-state index in [2.05, 4.69) is 78.4 Å². The van der Waals surface area contributed by atoms with Gasteiger partial charge >= 0.3 is 0 Å². The number of ether oxygens (including phenoxy) is 1. The summed E-state index contributed by atoms with van der Waals surface area (Å²) >= 11 is 0. The summed E-state index contributed by atoms with van der Waals surface area (Å²) in [4.78, 5) is 13.9. The van der Waals surface area contributed by atoms with Crippen LogP contribution in [0.15, 0.2) is 97.5 Å². The zero-order chi connectivity index (χ0) is 26.2. The average molecular weight is 501 g/mol. The predicted molar refractivity (Wildman–Crippen MR) is 153 cm³/mol. The molecule has 0 radical (unpaired) electrons. The summed E-state index contributed by atoms with van der Waals surface area (Å²) in [5.41, 5.74) is 13.6. The van der Waals surface area contributed by atoms with E-state index in [4.69, 9.17) is 15.5 Å². The molecule has 38 heavy (non-hydrogen) atoms. The summed E-state index contributed by atoms with van der Waals surface area (Å²) in [6, 6.07) is 27.2. The number of hydrogen-bond acceptors (Lipinski definition) is 5. The minimum absolute atomic E-state index is 0.181. The fourth-order valence-electron chi connectivity index (χ4n) is 5.19. The summed E-state index contributed by atoms with van der Waals surface area (Å²) in [6.45, 7) is 4.81. The summed E-state index contributed by atoms with van der Waals surface area (Å²) in [5.74, 6) is 0.589. The summed E-state index contributed by atoms with van der Waals surface area (Å²) in [5, 5.41) is 0.896. The highest BCUT2D eigenvalue weighted by molar-refractivity contribution is 5.93. The van der Waals surface area contributed by atoms with Crippen LogP contribution < -0.4 is 10.5 Å². The Morgan fingerprint density at radius 3 is 2.29 bits per heavy atom.